The molecule has 1 unspecified atom stereocenters. The molecule has 2 fully saturated rings. The first-order chi connectivity index (χ1) is 14.0. The summed E-state index contributed by atoms with van der Waals surface area (Å²) in [6, 6.07) is 10.6. The van der Waals surface area contributed by atoms with E-state index in [1.807, 2.05) is 0 Å². The van der Waals surface area contributed by atoms with Crippen molar-refractivity contribution in [2.24, 2.45) is 0 Å². The van der Waals surface area contributed by atoms with Crippen molar-refractivity contribution < 1.29 is 18.8 Å². The SMILES string of the molecule is O=C(c1ccccn1)N1CCC2C(=O)N(Cc3cccc(F)c3)CC(=O)N2CC1. The summed E-state index contributed by atoms with van der Waals surface area (Å²) in [6.45, 7) is 1.17. The minimum absolute atomic E-state index is 0.0416. The minimum Gasteiger partial charge on any atom is -0.335 e. The van der Waals surface area contributed by atoms with E-state index in [0.29, 0.717) is 37.3 Å². The Labute approximate surface area is 167 Å². The Kier molecular flexibility index (Phi) is 5.24. The summed E-state index contributed by atoms with van der Waals surface area (Å²) in [6.07, 6.45) is 1.93. The van der Waals surface area contributed by atoms with E-state index in [1.54, 1.807) is 46.3 Å². The van der Waals surface area contributed by atoms with Gasteiger partial charge in [0, 0.05) is 32.4 Å². The Morgan fingerprint density at radius 2 is 1.97 bits per heavy atom. The van der Waals surface area contributed by atoms with Gasteiger partial charge in [-0.2, -0.15) is 0 Å². The fraction of sp³-hybridized carbons (Fsp3) is 0.333. The molecule has 0 bridgehead atoms. The molecule has 0 saturated carbocycles. The fourth-order valence-corrected chi connectivity index (χ4v) is 3.87. The number of benzene rings is 1. The van der Waals surface area contributed by atoms with Crippen molar-refractivity contribution >= 4 is 17.7 Å². The summed E-state index contributed by atoms with van der Waals surface area (Å²) in [7, 11) is 0. The molecule has 1 atom stereocenters. The van der Waals surface area contributed by atoms with E-state index in [1.165, 1.54) is 17.0 Å². The lowest BCUT2D eigenvalue weighted by Gasteiger charge is -2.39. The Hall–Kier alpha value is -3.29. The molecule has 0 N–H and O–H groups in total. The van der Waals surface area contributed by atoms with Crippen LogP contribution in [0.2, 0.25) is 0 Å². The molecule has 1 aromatic heterocycles. The highest BCUT2D eigenvalue weighted by Crippen LogP contribution is 2.21. The van der Waals surface area contributed by atoms with Crippen LogP contribution in [-0.4, -0.2) is 69.6 Å². The molecule has 4 rings (SSSR count). The lowest BCUT2D eigenvalue weighted by molar-refractivity contribution is -0.156. The molecular weight excluding hydrogens is 375 g/mol. The number of amides is 3. The number of carbonyl (C=O) groups excluding carboxylic acids is 3. The van der Waals surface area contributed by atoms with E-state index in [-0.39, 0.29) is 36.6 Å². The van der Waals surface area contributed by atoms with E-state index >= 15 is 0 Å². The van der Waals surface area contributed by atoms with Crippen molar-refractivity contribution in [1.82, 2.24) is 19.7 Å². The highest BCUT2D eigenvalue weighted by Gasteiger charge is 2.41. The third-order valence-corrected chi connectivity index (χ3v) is 5.34. The average Bonchev–Trinajstić information content (AvgIpc) is 2.96. The molecular formula is C21H21FN4O3. The smallest absolute Gasteiger partial charge is 0.272 e. The standard InChI is InChI=1S/C21H21FN4O3/c22-16-5-3-4-15(12-16)13-25-14-19(27)26-11-10-24(9-7-18(26)21(25)29)20(28)17-6-1-2-8-23-17/h1-6,8,12,18H,7,9-11,13-14H2. The summed E-state index contributed by atoms with van der Waals surface area (Å²) >= 11 is 0. The van der Waals surface area contributed by atoms with Gasteiger partial charge >= 0.3 is 0 Å². The second kappa shape index (κ2) is 7.98. The van der Waals surface area contributed by atoms with Crippen molar-refractivity contribution in [3.8, 4) is 0 Å². The van der Waals surface area contributed by atoms with Gasteiger partial charge in [-0.3, -0.25) is 19.4 Å². The molecule has 2 aliphatic rings. The number of piperazine rings is 1. The number of carbonyl (C=O) groups is 3. The first-order valence-electron chi connectivity index (χ1n) is 9.56. The number of fused-ring (bicyclic) bond motifs is 1. The zero-order valence-corrected chi connectivity index (χ0v) is 15.8. The van der Waals surface area contributed by atoms with Crippen LogP contribution in [0.3, 0.4) is 0 Å². The highest BCUT2D eigenvalue weighted by atomic mass is 19.1. The van der Waals surface area contributed by atoms with Gasteiger partial charge in [-0.05, 0) is 36.2 Å². The number of rotatable bonds is 3. The number of nitrogens with zero attached hydrogens (tertiary/aromatic N) is 4. The van der Waals surface area contributed by atoms with Crippen LogP contribution in [0.15, 0.2) is 48.7 Å². The monoisotopic (exact) mass is 396 g/mol. The van der Waals surface area contributed by atoms with Gasteiger partial charge in [0.15, 0.2) is 0 Å². The molecule has 2 saturated heterocycles. The van der Waals surface area contributed by atoms with Crippen LogP contribution in [0.1, 0.15) is 22.5 Å². The van der Waals surface area contributed by atoms with Gasteiger partial charge < -0.3 is 14.7 Å². The van der Waals surface area contributed by atoms with Crippen LogP contribution in [-0.2, 0) is 16.1 Å². The van der Waals surface area contributed by atoms with Crippen molar-refractivity contribution in [2.75, 3.05) is 26.2 Å². The molecule has 3 amide bonds. The van der Waals surface area contributed by atoms with E-state index in [9.17, 15) is 18.8 Å². The van der Waals surface area contributed by atoms with E-state index < -0.39 is 6.04 Å². The summed E-state index contributed by atoms with van der Waals surface area (Å²) in [5.41, 5.74) is 0.984. The van der Waals surface area contributed by atoms with E-state index in [0.717, 1.165) is 0 Å². The average molecular weight is 396 g/mol. The third-order valence-electron chi connectivity index (χ3n) is 5.34. The van der Waals surface area contributed by atoms with E-state index in [2.05, 4.69) is 4.98 Å². The molecule has 1 aromatic carbocycles. The Bertz CT molecular complexity index is 937. The maximum atomic E-state index is 13.5. The maximum Gasteiger partial charge on any atom is 0.272 e. The van der Waals surface area contributed by atoms with Crippen LogP contribution in [0.4, 0.5) is 4.39 Å². The Balaban J connectivity index is 1.48. The topological polar surface area (TPSA) is 73.8 Å². The van der Waals surface area contributed by atoms with Crippen LogP contribution in [0, 0.1) is 5.82 Å². The molecule has 8 heteroatoms. The first kappa shape index (κ1) is 19.0. The zero-order valence-electron chi connectivity index (χ0n) is 15.8. The lowest BCUT2D eigenvalue weighted by atomic mass is 10.1. The van der Waals surface area contributed by atoms with Gasteiger partial charge in [0.25, 0.3) is 5.91 Å². The minimum atomic E-state index is -0.605. The largest absolute Gasteiger partial charge is 0.335 e. The first-order valence-corrected chi connectivity index (χ1v) is 9.56. The maximum absolute atomic E-state index is 13.5. The number of aromatic nitrogens is 1. The van der Waals surface area contributed by atoms with Crippen LogP contribution in [0.25, 0.3) is 0 Å². The van der Waals surface area contributed by atoms with Crippen molar-refractivity contribution in [3.05, 3.63) is 65.7 Å². The molecule has 2 aromatic rings. The molecule has 0 aliphatic carbocycles. The van der Waals surface area contributed by atoms with Gasteiger partial charge in [0.2, 0.25) is 11.8 Å². The summed E-state index contributed by atoms with van der Waals surface area (Å²) in [5, 5.41) is 0. The predicted octanol–water partition coefficient (Wildman–Crippen LogP) is 1.31. The second-order valence-electron chi connectivity index (χ2n) is 7.22. The number of halogens is 1. The van der Waals surface area contributed by atoms with Crippen molar-refractivity contribution in [1.29, 1.82) is 0 Å². The van der Waals surface area contributed by atoms with Crippen LogP contribution >= 0.6 is 0 Å². The lowest BCUT2D eigenvalue weighted by Crippen LogP contribution is -2.59. The normalized spacial score (nSPS) is 19.8. The summed E-state index contributed by atoms with van der Waals surface area (Å²) in [5.74, 6) is -0.904. The molecule has 2 aliphatic heterocycles. The van der Waals surface area contributed by atoms with Crippen molar-refractivity contribution in [2.45, 2.75) is 19.0 Å². The van der Waals surface area contributed by atoms with Crippen LogP contribution < -0.4 is 0 Å². The number of hydrogen-bond acceptors (Lipinski definition) is 4. The Morgan fingerprint density at radius 3 is 2.72 bits per heavy atom. The zero-order chi connectivity index (χ0) is 20.4. The van der Waals surface area contributed by atoms with Gasteiger partial charge in [0.05, 0.1) is 0 Å². The molecule has 29 heavy (non-hydrogen) atoms. The predicted molar refractivity (Wildman–Crippen MR) is 102 cm³/mol. The number of hydrogen-bond donors (Lipinski definition) is 0. The molecule has 3 heterocycles. The highest BCUT2D eigenvalue weighted by molar-refractivity contribution is 5.95. The quantitative estimate of drug-likeness (QED) is 0.784. The summed E-state index contributed by atoms with van der Waals surface area (Å²) < 4.78 is 13.5. The van der Waals surface area contributed by atoms with Crippen molar-refractivity contribution in [3.63, 3.8) is 0 Å². The van der Waals surface area contributed by atoms with E-state index in [4.69, 9.17) is 0 Å². The number of pyridine rings is 1. The Morgan fingerprint density at radius 1 is 1.10 bits per heavy atom. The van der Waals surface area contributed by atoms with Gasteiger partial charge in [-0.25, -0.2) is 4.39 Å². The second-order valence-corrected chi connectivity index (χ2v) is 7.22. The molecule has 0 radical (unpaired) electrons. The molecule has 0 spiro atoms. The van der Waals surface area contributed by atoms with Crippen LogP contribution in [0.5, 0.6) is 0 Å². The molecule has 7 nitrogen and oxygen atoms in total. The molecule has 150 valence electrons. The fourth-order valence-electron chi connectivity index (χ4n) is 3.87. The summed E-state index contributed by atoms with van der Waals surface area (Å²) in [4.78, 5) is 47.2. The van der Waals surface area contributed by atoms with Gasteiger partial charge in [-0.1, -0.05) is 18.2 Å². The van der Waals surface area contributed by atoms with Gasteiger partial charge in [-0.15, -0.1) is 0 Å². The van der Waals surface area contributed by atoms with Gasteiger partial charge in [0.1, 0.15) is 24.1 Å². The third kappa shape index (κ3) is 3.96.